The van der Waals surface area contributed by atoms with Crippen molar-refractivity contribution < 1.29 is 4.42 Å². The monoisotopic (exact) mass is 487 g/mol. The van der Waals surface area contributed by atoms with E-state index in [-0.39, 0.29) is 0 Å². The van der Waals surface area contributed by atoms with Crippen molar-refractivity contribution in [3.05, 3.63) is 103 Å². The summed E-state index contributed by atoms with van der Waals surface area (Å²) < 4.78 is 13.0. The van der Waals surface area contributed by atoms with Gasteiger partial charge in [0, 0.05) is 10.8 Å². The molecule has 0 unspecified atom stereocenters. The molecule has 0 atom stereocenters. The highest BCUT2D eigenvalue weighted by Crippen LogP contribution is 2.39. The number of rotatable bonds is 1. The third kappa shape index (κ3) is 2.12. The SMILES string of the molecule is c1ccc2c(c1)nc1n2c2cc(-c3ccc4c(c3)oc3ccccc34)cc3c2n1c1nc2ccccc2n31. The normalized spacial score (nSPS) is 12.7. The van der Waals surface area contributed by atoms with Crippen molar-refractivity contribution in [1.29, 1.82) is 0 Å². The number of imidazole rings is 4. The topological polar surface area (TPSA) is 52.2 Å². The second kappa shape index (κ2) is 6.30. The Balaban J connectivity index is 1.39. The fraction of sp³-hybridized carbons (Fsp3) is 0. The summed E-state index contributed by atoms with van der Waals surface area (Å²) >= 11 is 0. The Bertz CT molecular complexity index is 2460. The van der Waals surface area contributed by atoms with Crippen LogP contribution in [0.5, 0.6) is 0 Å². The van der Waals surface area contributed by atoms with Crippen molar-refractivity contribution in [3.8, 4) is 11.1 Å². The molecule has 5 aromatic carbocycles. The minimum absolute atomic E-state index is 0.876. The Morgan fingerprint density at radius 3 is 1.79 bits per heavy atom. The number of hydrogen-bond donors (Lipinski definition) is 0. The highest BCUT2D eigenvalue weighted by Gasteiger charge is 2.24. The van der Waals surface area contributed by atoms with E-state index in [0.29, 0.717) is 0 Å². The third-order valence-electron chi connectivity index (χ3n) is 7.97. The molecule has 0 aliphatic heterocycles. The molecule has 0 fully saturated rings. The molecule has 5 aromatic heterocycles. The lowest BCUT2D eigenvalue weighted by atomic mass is 10.0. The van der Waals surface area contributed by atoms with E-state index in [2.05, 4.69) is 92.1 Å². The van der Waals surface area contributed by atoms with E-state index in [1.807, 2.05) is 24.3 Å². The maximum Gasteiger partial charge on any atom is 0.223 e. The van der Waals surface area contributed by atoms with Gasteiger partial charge in [0.1, 0.15) is 16.7 Å². The fourth-order valence-corrected chi connectivity index (χ4v) is 6.34. The quantitative estimate of drug-likeness (QED) is 0.238. The maximum absolute atomic E-state index is 6.24. The average Bonchev–Trinajstić information content (AvgIpc) is 3.73. The molecule has 10 rings (SSSR count). The molecular formula is C32H17N5O. The van der Waals surface area contributed by atoms with E-state index >= 15 is 0 Å². The van der Waals surface area contributed by atoms with Crippen LogP contribution in [0.25, 0.3) is 83.2 Å². The van der Waals surface area contributed by atoms with Gasteiger partial charge in [0.25, 0.3) is 0 Å². The van der Waals surface area contributed by atoms with Crippen LogP contribution in [-0.2, 0) is 0 Å². The first-order valence-electron chi connectivity index (χ1n) is 12.7. The summed E-state index contributed by atoms with van der Waals surface area (Å²) in [5.74, 6) is 1.75. The first-order valence-corrected chi connectivity index (χ1v) is 12.7. The lowest BCUT2D eigenvalue weighted by Gasteiger charge is -2.05. The van der Waals surface area contributed by atoms with Crippen molar-refractivity contribution in [2.24, 2.45) is 0 Å². The highest BCUT2D eigenvalue weighted by molar-refractivity contribution is 6.08. The van der Waals surface area contributed by atoms with Crippen molar-refractivity contribution in [2.45, 2.75) is 0 Å². The van der Waals surface area contributed by atoms with E-state index in [9.17, 15) is 0 Å². The van der Waals surface area contributed by atoms with Crippen molar-refractivity contribution >= 4 is 72.1 Å². The van der Waals surface area contributed by atoms with Gasteiger partial charge in [-0.05, 0) is 65.7 Å². The van der Waals surface area contributed by atoms with Crippen molar-refractivity contribution in [2.75, 3.05) is 0 Å². The molecule has 5 heterocycles. The molecule has 176 valence electrons. The lowest BCUT2D eigenvalue weighted by molar-refractivity contribution is 0.669. The fourth-order valence-electron chi connectivity index (χ4n) is 6.34. The second-order valence-corrected chi connectivity index (χ2v) is 9.98. The van der Waals surface area contributed by atoms with E-state index < -0.39 is 0 Å². The molecule has 0 bridgehead atoms. The molecule has 38 heavy (non-hydrogen) atoms. The minimum Gasteiger partial charge on any atom is -0.456 e. The zero-order valence-electron chi connectivity index (χ0n) is 20.0. The zero-order valence-corrected chi connectivity index (χ0v) is 20.0. The Morgan fingerprint density at radius 2 is 1.08 bits per heavy atom. The van der Waals surface area contributed by atoms with Crippen LogP contribution in [0, 0.1) is 0 Å². The van der Waals surface area contributed by atoms with Crippen LogP contribution in [0.2, 0.25) is 0 Å². The van der Waals surface area contributed by atoms with Gasteiger partial charge in [-0.2, -0.15) is 0 Å². The molecule has 0 amide bonds. The number of furan rings is 1. The Hall–Kier alpha value is -5.36. The molecule has 6 nitrogen and oxygen atoms in total. The minimum atomic E-state index is 0.876. The number of nitrogens with zero attached hydrogens (tertiary/aromatic N) is 5. The largest absolute Gasteiger partial charge is 0.456 e. The molecule has 0 saturated heterocycles. The second-order valence-electron chi connectivity index (χ2n) is 9.98. The predicted octanol–water partition coefficient (Wildman–Crippen LogP) is 7.70. The molecule has 10 aromatic rings. The van der Waals surface area contributed by atoms with Crippen molar-refractivity contribution in [1.82, 2.24) is 23.2 Å². The molecule has 0 radical (unpaired) electrons. The van der Waals surface area contributed by atoms with E-state index in [0.717, 1.165) is 83.2 Å². The van der Waals surface area contributed by atoms with E-state index in [4.69, 9.17) is 14.4 Å². The van der Waals surface area contributed by atoms with Crippen LogP contribution in [0.15, 0.2) is 108 Å². The molecular weight excluding hydrogens is 470 g/mol. The van der Waals surface area contributed by atoms with Crippen LogP contribution < -0.4 is 0 Å². The Morgan fingerprint density at radius 1 is 0.474 bits per heavy atom. The summed E-state index contributed by atoms with van der Waals surface area (Å²) in [4.78, 5) is 10.1. The van der Waals surface area contributed by atoms with Gasteiger partial charge in [0.2, 0.25) is 11.6 Å². The predicted molar refractivity (Wildman–Crippen MR) is 151 cm³/mol. The Kier molecular flexibility index (Phi) is 3.13. The molecule has 0 spiro atoms. The van der Waals surface area contributed by atoms with Gasteiger partial charge in [-0.15, -0.1) is 0 Å². The van der Waals surface area contributed by atoms with Gasteiger partial charge in [-0.3, -0.25) is 8.80 Å². The summed E-state index contributed by atoms with van der Waals surface area (Å²) in [6, 6.07) is 35.9. The number of fused-ring (bicyclic) bond motifs is 13. The van der Waals surface area contributed by atoms with Gasteiger partial charge in [0.15, 0.2) is 0 Å². The average molecular weight is 488 g/mol. The number of aromatic nitrogens is 5. The van der Waals surface area contributed by atoms with Gasteiger partial charge in [-0.25, -0.2) is 14.4 Å². The third-order valence-corrected chi connectivity index (χ3v) is 7.97. The van der Waals surface area contributed by atoms with E-state index in [1.165, 1.54) is 0 Å². The summed E-state index contributed by atoms with van der Waals surface area (Å²) in [7, 11) is 0. The molecule has 0 aliphatic rings. The van der Waals surface area contributed by atoms with Gasteiger partial charge < -0.3 is 4.42 Å². The van der Waals surface area contributed by atoms with Crippen molar-refractivity contribution in [3.63, 3.8) is 0 Å². The van der Waals surface area contributed by atoms with Gasteiger partial charge in [-0.1, -0.05) is 48.5 Å². The number of benzene rings is 5. The van der Waals surface area contributed by atoms with Crippen LogP contribution in [-0.4, -0.2) is 23.2 Å². The van der Waals surface area contributed by atoms with Gasteiger partial charge >= 0.3 is 0 Å². The molecule has 6 heteroatoms. The lowest BCUT2D eigenvalue weighted by Crippen LogP contribution is -1.88. The standard InChI is InChI=1S/C32H17N5O/c1-6-12-28-20(7-1)21-14-13-18(17-29(21)38-28)19-15-26-30-27(16-19)36-25-11-5-3-9-23(25)34-32(36)37(30)31-33-22-8-2-4-10-24(22)35(26)31/h1-17H. The summed E-state index contributed by atoms with van der Waals surface area (Å²) in [6.07, 6.45) is 0. The highest BCUT2D eigenvalue weighted by atomic mass is 16.3. The summed E-state index contributed by atoms with van der Waals surface area (Å²) in [5.41, 5.74) is 11.5. The Labute approximate surface area is 213 Å². The number of hydrogen-bond acceptors (Lipinski definition) is 3. The molecule has 0 saturated carbocycles. The summed E-state index contributed by atoms with van der Waals surface area (Å²) in [5, 5.41) is 2.27. The first kappa shape index (κ1) is 18.8. The van der Waals surface area contributed by atoms with Crippen LogP contribution in [0.3, 0.4) is 0 Å². The van der Waals surface area contributed by atoms with Gasteiger partial charge in [0.05, 0.1) is 33.1 Å². The molecule has 0 aliphatic carbocycles. The van der Waals surface area contributed by atoms with E-state index in [1.54, 1.807) is 0 Å². The summed E-state index contributed by atoms with van der Waals surface area (Å²) in [6.45, 7) is 0. The van der Waals surface area contributed by atoms with Crippen LogP contribution in [0.1, 0.15) is 0 Å². The van der Waals surface area contributed by atoms with Crippen LogP contribution in [0.4, 0.5) is 0 Å². The number of para-hydroxylation sites is 5. The first-order chi connectivity index (χ1) is 18.8. The maximum atomic E-state index is 6.24. The smallest absolute Gasteiger partial charge is 0.223 e. The molecule has 0 N–H and O–H groups in total. The zero-order chi connectivity index (χ0) is 24.5. The van der Waals surface area contributed by atoms with Crippen LogP contribution >= 0.6 is 0 Å².